The highest BCUT2D eigenvalue weighted by Gasteiger charge is 2.21. The van der Waals surface area contributed by atoms with Crippen LogP contribution in [0, 0.1) is 5.82 Å². The second-order valence-corrected chi connectivity index (χ2v) is 7.71. The van der Waals surface area contributed by atoms with Gasteiger partial charge in [0.05, 0.1) is 13.7 Å². The van der Waals surface area contributed by atoms with Gasteiger partial charge in [-0.05, 0) is 36.4 Å². The van der Waals surface area contributed by atoms with Crippen LogP contribution in [-0.2, 0) is 6.54 Å². The first-order valence-corrected chi connectivity index (χ1v) is 10.6. The first kappa shape index (κ1) is 22.2. The molecular formula is C23H27FN4O4. The van der Waals surface area contributed by atoms with Gasteiger partial charge in [-0.2, -0.15) is 4.98 Å². The highest BCUT2D eigenvalue weighted by Crippen LogP contribution is 2.20. The molecule has 2 aromatic carbocycles. The molecule has 0 saturated carbocycles. The summed E-state index contributed by atoms with van der Waals surface area (Å²) in [7, 11) is 1.63. The smallest absolute Gasteiger partial charge is 0.241 e. The zero-order valence-corrected chi connectivity index (χ0v) is 18.0. The molecule has 8 nitrogen and oxygen atoms in total. The summed E-state index contributed by atoms with van der Waals surface area (Å²) in [5.74, 6) is 1.63. The Morgan fingerprint density at radius 3 is 2.50 bits per heavy atom. The summed E-state index contributed by atoms with van der Waals surface area (Å²) in [6.45, 7) is 4.35. The molecule has 3 aromatic rings. The van der Waals surface area contributed by atoms with E-state index in [2.05, 4.69) is 19.9 Å². The SMILES string of the molecule is COc1ccc(-c2noc(CN3CCN(CC(O)COc4ccccc4F)CC3)n2)cc1. The minimum Gasteiger partial charge on any atom is -0.497 e. The van der Waals surface area contributed by atoms with Crippen LogP contribution in [0.25, 0.3) is 11.4 Å². The Kier molecular flexibility index (Phi) is 7.31. The molecule has 1 N–H and O–H groups in total. The molecule has 0 amide bonds. The monoisotopic (exact) mass is 442 g/mol. The van der Waals surface area contributed by atoms with Crippen LogP contribution in [-0.4, -0.2) is 77.6 Å². The van der Waals surface area contributed by atoms with E-state index < -0.39 is 11.9 Å². The average molecular weight is 442 g/mol. The maximum absolute atomic E-state index is 13.6. The Hall–Kier alpha value is -3.01. The van der Waals surface area contributed by atoms with Crippen LogP contribution in [0.2, 0.25) is 0 Å². The van der Waals surface area contributed by atoms with E-state index in [0.717, 1.165) is 37.5 Å². The van der Waals surface area contributed by atoms with E-state index in [1.165, 1.54) is 6.07 Å². The topological polar surface area (TPSA) is 84.1 Å². The molecule has 0 bridgehead atoms. The highest BCUT2D eigenvalue weighted by molar-refractivity contribution is 5.55. The third-order valence-electron chi connectivity index (χ3n) is 5.38. The van der Waals surface area contributed by atoms with E-state index in [-0.39, 0.29) is 12.4 Å². The number of aromatic nitrogens is 2. The Labute approximate surface area is 186 Å². The normalized spacial score (nSPS) is 16.1. The van der Waals surface area contributed by atoms with Crippen LogP contribution in [0.1, 0.15) is 5.89 Å². The first-order chi connectivity index (χ1) is 15.6. The number of methoxy groups -OCH3 is 1. The van der Waals surface area contributed by atoms with Gasteiger partial charge in [-0.3, -0.25) is 9.80 Å². The van der Waals surface area contributed by atoms with Crippen LogP contribution < -0.4 is 9.47 Å². The van der Waals surface area contributed by atoms with Crippen LogP contribution in [0.15, 0.2) is 53.1 Å². The fraction of sp³-hybridized carbons (Fsp3) is 0.391. The van der Waals surface area contributed by atoms with Crippen LogP contribution in [0.5, 0.6) is 11.5 Å². The molecule has 32 heavy (non-hydrogen) atoms. The predicted molar refractivity (Wildman–Crippen MR) is 116 cm³/mol. The standard InChI is InChI=1S/C23H27FN4O4/c1-30-19-8-6-17(7-9-19)23-25-22(32-26-23)15-28-12-10-27(11-13-28)14-18(29)16-31-21-5-3-2-4-20(21)24/h2-9,18,29H,10-16H2,1H3. The van der Waals surface area contributed by atoms with Crippen molar-refractivity contribution < 1.29 is 23.5 Å². The van der Waals surface area contributed by atoms with Gasteiger partial charge in [0.2, 0.25) is 11.7 Å². The number of ether oxygens (including phenoxy) is 2. The molecule has 170 valence electrons. The summed E-state index contributed by atoms with van der Waals surface area (Å²) in [5.41, 5.74) is 0.872. The van der Waals surface area contributed by atoms with E-state index in [1.54, 1.807) is 25.3 Å². The van der Waals surface area contributed by atoms with Crippen LogP contribution in [0.4, 0.5) is 4.39 Å². The van der Waals surface area contributed by atoms with Crippen molar-refractivity contribution in [2.75, 3.05) is 46.4 Å². The molecule has 4 rings (SSSR count). The van der Waals surface area contributed by atoms with Gasteiger partial charge in [-0.25, -0.2) is 4.39 Å². The summed E-state index contributed by atoms with van der Waals surface area (Å²) in [6.07, 6.45) is -0.691. The van der Waals surface area contributed by atoms with Gasteiger partial charge < -0.3 is 19.1 Å². The van der Waals surface area contributed by atoms with Crippen LogP contribution in [0.3, 0.4) is 0 Å². The van der Waals surface area contributed by atoms with Crippen molar-refractivity contribution in [1.29, 1.82) is 0 Å². The number of aliphatic hydroxyl groups is 1. The average Bonchev–Trinajstić information content (AvgIpc) is 3.28. The molecule has 1 atom stereocenters. The van der Waals surface area contributed by atoms with Crippen molar-refractivity contribution in [2.24, 2.45) is 0 Å². The van der Waals surface area contributed by atoms with E-state index in [9.17, 15) is 9.50 Å². The van der Waals surface area contributed by atoms with Crippen molar-refractivity contribution in [3.63, 3.8) is 0 Å². The lowest BCUT2D eigenvalue weighted by Gasteiger charge is -2.34. The quantitative estimate of drug-likeness (QED) is 0.541. The number of halogens is 1. The molecule has 1 unspecified atom stereocenters. The van der Waals surface area contributed by atoms with E-state index in [4.69, 9.17) is 14.0 Å². The molecule has 2 heterocycles. The first-order valence-electron chi connectivity index (χ1n) is 10.6. The van der Waals surface area contributed by atoms with Crippen LogP contribution >= 0.6 is 0 Å². The molecule has 1 fully saturated rings. The highest BCUT2D eigenvalue weighted by atomic mass is 19.1. The summed E-state index contributed by atoms with van der Waals surface area (Å²) in [4.78, 5) is 8.91. The second kappa shape index (κ2) is 10.5. The third kappa shape index (κ3) is 5.82. The van der Waals surface area contributed by atoms with Crippen molar-refractivity contribution in [2.45, 2.75) is 12.6 Å². The van der Waals surface area contributed by atoms with Gasteiger partial charge in [0, 0.05) is 38.3 Å². The molecule has 1 aliphatic rings. The lowest BCUT2D eigenvalue weighted by atomic mass is 10.2. The summed E-state index contributed by atoms with van der Waals surface area (Å²) < 4.78 is 29.6. The zero-order valence-electron chi connectivity index (χ0n) is 18.0. The fourth-order valence-electron chi connectivity index (χ4n) is 3.60. The van der Waals surface area contributed by atoms with Gasteiger partial charge in [0.25, 0.3) is 0 Å². The summed E-state index contributed by atoms with van der Waals surface area (Å²) >= 11 is 0. The Bertz CT molecular complexity index is 990. The summed E-state index contributed by atoms with van der Waals surface area (Å²) in [5, 5.41) is 14.3. The van der Waals surface area contributed by atoms with Gasteiger partial charge in [-0.15, -0.1) is 0 Å². The molecule has 0 spiro atoms. The van der Waals surface area contributed by atoms with Gasteiger partial charge >= 0.3 is 0 Å². The summed E-state index contributed by atoms with van der Waals surface area (Å²) in [6, 6.07) is 13.7. The zero-order chi connectivity index (χ0) is 22.3. The molecule has 9 heteroatoms. The van der Waals surface area contributed by atoms with Gasteiger partial charge in [-0.1, -0.05) is 17.3 Å². The molecule has 1 aliphatic heterocycles. The van der Waals surface area contributed by atoms with Gasteiger partial charge in [0.1, 0.15) is 18.5 Å². The minimum absolute atomic E-state index is 0.0528. The maximum Gasteiger partial charge on any atom is 0.241 e. The largest absolute Gasteiger partial charge is 0.497 e. The number of rotatable bonds is 9. The molecule has 1 saturated heterocycles. The lowest BCUT2D eigenvalue weighted by molar-refractivity contribution is 0.0418. The van der Waals surface area contributed by atoms with E-state index in [1.807, 2.05) is 24.3 Å². The predicted octanol–water partition coefficient (Wildman–Crippen LogP) is 2.44. The maximum atomic E-state index is 13.6. The molecule has 0 aliphatic carbocycles. The Morgan fingerprint density at radius 2 is 1.78 bits per heavy atom. The van der Waals surface area contributed by atoms with Crippen molar-refractivity contribution in [3.8, 4) is 22.9 Å². The number of benzene rings is 2. The number of hydrogen-bond donors (Lipinski definition) is 1. The number of hydrogen-bond acceptors (Lipinski definition) is 8. The number of para-hydroxylation sites is 1. The number of piperazine rings is 1. The molecule has 0 radical (unpaired) electrons. The molecular weight excluding hydrogens is 415 g/mol. The number of β-amino-alcohol motifs (C(OH)–C–C–N with tert-alkyl or cyclic N) is 1. The number of aliphatic hydroxyl groups excluding tert-OH is 1. The Morgan fingerprint density at radius 1 is 1.06 bits per heavy atom. The lowest BCUT2D eigenvalue weighted by Crippen LogP contribution is -2.48. The molecule has 1 aromatic heterocycles. The third-order valence-corrected chi connectivity index (χ3v) is 5.38. The second-order valence-electron chi connectivity index (χ2n) is 7.71. The van der Waals surface area contributed by atoms with E-state index in [0.29, 0.717) is 24.8 Å². The van der Waals surface area contributed by atoms with Crippen molar-refractivity contribution in [1.82, 2.24) is 19.9 Å². The Balaban J connectivity index is 1.20. The fourth-order valence-corrected chi connectivity index (χ4v) is 3.60. The van der Waals surface area contributed by atoms with Gasteiger partial charge in [0.15, 0.2) is 11.6 Å². The van der Waals surface area contributed by atoms with Crippen molar-refractivity contribution >= 4 is 0 Å². The van der Waals surface area contributed by atoms with Crippen molar-refractivity contribution in [3.05, 3.63) is 60.2 Å². The van der Waals surface area contributed by atoms with E-state index >= 15 is 0 Å². The minimum atomic E-state index is -0.691. The number of nitrogens with zero attached hydrogens (tertiary/aromatic N) is 4.